The standard InChI is InChI=1S/C17H10Cl2N4O/c18-12-4-6-13(7-5-12)21-17(24)11(10-20)9-14-16(19)22-15-3-1-2-8-23(14)15/h1-9H,(H,21,24). The van der Waals surface area contributed by atoms with Crippen molar-refractivity contribution in [2.45, 2.75) is 0 Å². The Labute approximate surface area is 147 Å². The van der Waals surface area contributed by atoms with Crippen LogP contribution in [-0.2, 0) is 4.79 Å². The second-order valence-corrected chi connectivity index (χ2v) is 5.64. The maximum atomic E-state index is 12.3. The lowest BCUT2D eigenvalue weighted by Gasteiger charge is -2.04. The van der Waals surface area contributed by atoms with Gasteiger partial charge >= 0.3 is 0 Å². The van der Waals surface area contributed by atoms with E-state index < -0.39 is 5.91 Å². The summed E-state index contributed by atoms with van der Waals surface area (Å²) in [7, 11) is 0. The minimum absolute atomic E-state index is 0.0856. The number of imidazole rings is 1. The molecule has 1 N–H and O–H groups in total. The van der Waals surface area contributed by atoms with Crippen molar-refractivity contribution in [2.24, 2.45) is 0 Å². The van der Waals surface area contributed by atoms with Gasteiger partial charge in [0.15, 0.2) is 5.15 Å². The number of nitrogens with zero attached hydrogens (tertiary/aromatic N) is 3. The molecular weight excluding hydrogens is 347 g/mol. The maximum absolute atomic E-state index is 12.3. The average molecular weight is 357 g/mol. The van der Waals surface area contributed by atoms with E-state index in [1.165, 1.54) is 6.08 Å². The molecule has 1 aromatic carbocycles. The Morgan fingerprint density at radius 3 is 2.67 bits per heavy atom. The molecule has 1 amide bonds. The van der Waals surface area contributed by atoms with Crippen LogP contribution >= 0.6 is 23.2 Å². The van der Waals surface area contributed by atoms with Crippen molar-refractivity contribution in [1.82, 2.24) is 9.38 Å². The number of fused-ring (bicyclic) bond motifs is 1. The van der Waals surface area contributed by atoms with Crippen molar-refractivity contribution in [1.29, 1.82) is 5.26 Å². The summed E-state index contributed by atoms with van der Waals surface area (Å²) in [6.45, 7) is 0. The molecule has 7 heteroatoms. The van der Waals surface area contributed by atoms with Gasteiger partial charge < -0.3 is 5.32 Å². The predicted molar refractivity (Wildman–Crippen MR) is 93.9 cm³/mol. The molecule has 0 bridgehead atoms. The first-order chi connectivity index (χ1) is 11.6. The summed E-state index contributed by atoms with van der Waals surface area (Å²) in [6, 6.07) is 13.9. The molecule has 5 nitrogen and oxygen atoms in total. The van der Waals surface area contributed by atoms with E-state index >= 15 is 0 Å². The fourth-order valence-corrected chi connectivity index (χ4v) is 2.49. The van der Waals surface area contributed by atoms with Crippen molar-refractivity contribution < 1.29 is 4.79 Å². The summed E-state index contributed by atoms with van der Waals surface area (Å²) in [5.74, 6) is -0.540. The number of amides is 1. The second kappa shape index (κ2) is 6.75. The number of hydrogen-bond acceptors (Lipinski definition) is 3. The molecule has 24 heavy (non-hydrogen) atoms. The quantitative estimate of drug-likeness (QED) is 0.565. The van der Waals surface area contributed by atoms with E-state index in [0.29, 0.717) is 22.1 Å². The molecule has 2 aromatic heterocycles. The van der Waals surface area contributed by atoms with Crippen LogP contribution in [0.3, 0.4) is 0 Å². The SMILES string of the molecule is N#CC(=Cc1c(Cl)nc2ccccn12)C(=O)Nc1ccc(Cl)cc1. The smallest absolute Gasteiger partial charge is 0.266 e. The topological polar surface area (TPSA) is 70.2 Å². The van der Waals surface area contributed by atoms with Gasteiger partial charge in [0.25, 0.3) is 5.91 Å². The van der Waals surface area contributed by atoms with Crippen LogP contribution in [0.15, 0.2) is 54.2 Å². The number of aromatic nitrogens is 2. The number of halogens is 2. The molecule has 0 aliphatic heterocycles. The van der Waals surface area contributed by atoms with Gasteiger partial charge in [0.1, 0.15) is 17.3 Å². The number of nitrogens with one attached hydrogen (secondary N) is 1. The van der Waals surface area contributed by atoms with Crippen LogP contribution < -0.4 is 5.32 Å². The van der Waals surface area contributed by atoms with Crippen LogP contribution in [-0.4, -0.2) is 15.3 Å². The van der Waals surface area contributed by atoms with Crippen LogP contribution in [0.1, 0.15) is 5.69 Å². The van der Waals surface area contributed by atoms with Crippen molar-refractivity contribution in [2.75, 3.05) is 5.32 Å². The minimum Gasteiger partial charge on any atom is -0.321 e. The molecule has 3 aromatic rings. The fourth-order valence-electron chi connectivity index (χ4n) is 2.13. The Kier molecular flexibility index (Phi) is 4.52. The highest BCUT2D eigenvalue weighted by Gasteiger charge is 2.14. The predicted octanol–water partition coefficient (Wildman–Crippen LogP) is 4.19. The monoisotopic (exact) mass is 356 g/mol. The highest BCUT2D eigenvalue weighted by Crippen LogP contribution is 2.21. The molecule has 0 spiro atoms. The van der Waals surface area contributed by atoms with Gasteiger partial charge in [-0.3, -0.25) is 9.20 Å². The molecule has 0 atom stereocenters. The Hall–Kier alpha value is -2.81. The number of anilines is 1. The van der Waals surface area contributed by atoms with Gasteiger partial charge in [-0.1, -0.05) is 29.3 Å². The van der Waals surface area contributed by atoms with Crippen LogP contribution in [0.2, 0.25) is 10.2 Å². The highest BCUT2D eigenvalue weighted by molar-refractivity contribution is 6.31. The molecule has 0 unspecified atom stereocenters. The lowest BCUT2D eigenvalue weighted by molar-refractivity contribution is -0.112. The summed E-state index contributed by atoms with van der Waals surface area (Å²) in [4.78, 5) is 16.5. The minimum atomic E-state index is -0.540. The van der Waals surface area contributed by atoms with E-state index in [0.717, 1.165) is 0 Å². The van der Waals surface area contributed by atoms with E-state index in [4.69, 9.17) is 23.2 Å². The summed E-state index contributed by atoms with van der Waals surface area (Å²) in [5, 5.41) is 12.7. The van der Waals surface area contributed by atoms with Gasteiger partial charge in [-0.2, -0.15) is 5.26 Å². The molecule has 0 saturated carbocycles. The van der Waals surface area contributed by atoms with Gasteiger partial charge in [0.05, 0.1) is 5.69 Å². The first-order valence-corrected chi connectivity index (χ1v) is 7.65. The van der Waals surface area contributed by atoms with E-state index in [1.807, 2.05) is 18.2 Å². The summed E-state index contributed by atoms with van der Waals surface area (Å²) < 4.78 is 1.70. The van der Waals surface area contributed by atoms with Crippen LogP contribution in [0.5, 0.6) is 0 Å². The Bertz CT molecular complexity index is 984. The summed E-state index contributed by atoms with van der Waals surface area (Å²) in [5.41, 5.74) is 1.55. The highest BCUT2D eigenvalue weighted by atomic mass is 35.5. The number of pyridine rings is 1. The lowest BCUT2D eigenvalue weighted by Crippen LogP contribution is -2.13. The van der Waals surface area contributed by atoms with Crippen LogP contribution in [0, 0.1) is 11.3 Å². The van der Waals surface area contributed by atoms with Gasteiger partial charge in [-0.15, -0.1) is 0 Å². The van der Waals surface area contributed by atoms with Gasteiger partial charge in [-0.25, -0.2) is 4.98 Å². The van der Waals surface area contributed by atoms with Crippen molar-refractivity contribution in [3.63, 3.8) is 0 Å². The molecule has 0 aliphatic rings. The van der Waals surface area contributed by atoms with Gasteiger partial charge in [-0.05, 0) is 42.5 Å². The first kappa shape index (κ1) is 16.1. The van der Waals surface area contributed by atoms with Crippen molar-refractivity contribution in [3.05, 3.63) is 70.1 Å². The van der Waals surface area contributed by atoms with E-state index in [9.17, 15) is 10.1 Å². The van der Waals surface area contributed by atoms with Crippen LogP contribution in [0.4, 0.5) is 5.69 Å². The maximum Gasteiger partial charge on any atom is 0.266 e. The zero-order valence-electron chi connectivity index (χ0n) is 12.2. The molecule has 118 valence electrons. The normalized spacial score (nSPS) is 11.3. The molecule has 2 heterocycles. The third-order valence-electron chi connectivity index (χ3n) is 3.27. The molecule has 0 saturated heterocycles. The lowest BCUT2D eigenvalue weighted by atomic mass is 10.2. The average Bonchev–Trinajstić information content (AvgIpc) is 2.90. The van der Waals surface area contributed by atoms with E-state index in [1.54, 1.807) is 40.9 Å². The number of nitriles is 1. The van der Waals surface area contributed by atoms with Gasteiger partial charge in [0, 0.05) is 16.9 Å². The zero-order chi connectivity index (χ0) is 17.1. The molecule has 0 aliphatic carbocycles. The second-order valence-electron chi connectivity index (χ2n) is 4.85. The number of rotatable bonds is 3. The summed E-state index contributed by atoms with van der Waals surface area (Å²) >= 11 is 11.9. The number of carbonyl (C=O) groups is 1. The largest absolute Gasteiger partial charge is 0.321 e. The zero-order valence-corrected chi connectivity index (χ0v) is 13.7. The Morgan fingerprint density at radius 1 is 1.21 bits per heavy atom. The molecule has 0 radical (unpaired) electrons. The fraction of sp³-hybridized carbons (Fsp3) is 0. The third-order valence-corrected chi connectivity index (χ3v) is 3.80. The van der Waals surface area contributed by atoms with E-state index in [-0.39, 0.29) is 10.7 Å². The first-order valence-electron chi connectivity index (χ1n) is 6.90. The third kappa shape index (κ3) is 3.25. The Morgan fingerprint density at radius 2 is 1.96 bits per heavy atom. The summed E-state index contributed by atoms with van der Waals surface area (Å²) in [6.07, 6.45) is 3.17. The molecular formula is C17H10Cl2N4O. The van der Waals surface area contributed by atoms with Gasteiger partial charge in [0.2, 0.25) is 0 Å². The van der Waals surface area contributed by atoms with Crippen molar-refractivity contribution in [3.8, 4) is 6.07 Å². The molecule has 3 rings (SSSR count). The van der Waals surface area contributed by atoms with Crippen molar-refractivity contribution >= 4 is 46.5 Å². The molecule has 0 fully saturated rings. The van der Waals surface area contributed by atoms with Crippen LogP contribution in [0.25, 0.3) is 11.7 Å². The van der Waals surface area contributed by atoms with E-state index in [2.05, 4.69) is 10.3 Å². The Balaban J connectivity index is 1.94. The number of carbonyl (C=O) groups excluding carboxylic acids is 1. The number of hydrogen-bond donors (Lipinski definition) is 1. The number of benzene rings is 1.